The Morgan fingerprint density at radius 1 is 0.957 bits per heavy atom. The first-order chi connectivity index (χ1) is 11.2. The van der Waals surface area contributed by atoms with Gasteiger partial charge in [0.1, 0.15) is 16.9 Å². The monoisotopic (exact) mass is 329 g/mol. The zero-order chi connectivity index (χ0) is 16.2. The minimum Gasteiger partial charge on any atom is -0.494 e. The molecule has 0 radical (unpaired) electrons. The van der Waals surface area contributed by atoms with Crippen molar-refractivity contribution in [3.8, 4) is 22.8 Å². The largest absolute Gasteiger partial charge is 0.494 e. The van der Waals surface area contributed by atoms with Crippen molar-refractivity contribution in [2.24, 2.45) is 0 Å². The predicted molar refractivity (Wildman–Crippen MR) is 93.4 cm³/mol. The molecule has 23 heavy (non-hydrogen) atoms. The standard InChI is InChI=1S/C19H18ClO3/c1-3-21-13-9-10-15-17(22-4-2)12-19(23-18(15)11-13)14-7-5-6-8-16(14)20/h5-12H,3-4H2,1-2H3/q+1. The molecular weight excluding hydrogens is 312 g/mol. The van der Waals surface area contributed by atoms with Crippen molar-refractivity contribution in [3.05, 3.63) is 53.6 Å². The van der Waals surface area contributed by atoms with E-state index in [4.69, 9.17) is 25.5 Å². The number of halogens is 1. The van der Waals surface area contributed by atoms with Crippen molar-refractivity contribution >= 4 is 22.6 Å². The number of hydrogen-bond acceptors (Lipinski definition) is 2. The zero-order valence-corrected chi connectivity index (χ0v) is 13.9. The van der Waals surface area contributed by atoms with Crippen LogP contribution in [-0.4, -0.2) is 13.2 Å². The summed E-state index contributed by atoms with van der Waals surface area (Å²) in [7, 11) is 0. The molecule has 0 aliphatic rings. The van der Waals surface area contributed by atoms with Gasteiger partial charge in [0, 0.05) is 0 Å². The minimum atomic E-state index is 0.578. The van der Waals surface area contributed by atoms with Gasteiger partial charge in [-0.15, -0.1) is 0 Å². The summed E-state index contributed by atoms with van der Waals surface area (Å²) >= 11 is 6.29. The van der Waals surface area contributed by atoms with E-state index in [-0.39, 0.29) is 0 Å². The summed E-state index contributed by atoms with van der Waals surface area (Å²) in [6, 6.07) is 15.2. The molecule has 2 aromatic carbocycles. The molecule has 0 aliphatic heterocycles. The van der Waals surface area contributed by atoms with Crippen LogP contribution in [0.2, 0.25) is 5.02 Å². The maximum atomic E-state index is 6.29. The van der Waals surface area contributed by atoms with E-state index in [1.165, 1.54) is 0 Å². The van der Waals surface area contributed by atoms with Crippen molar-refractivity contribution < 1.29 is 13.9 Å². The predicted octanol–water partition coefficient (Wildman–Crippen LogP) is 5.83. The fourth-order valence-corrected chi connectivity index (χ4v) is 2.69. The molecule has 0 amide bonds. The number of rotatable bonds is 5. The van der Waals surface area contributed by atoms with Crippen LogP contribution < -0.4 is 9.47 Å². The van der Waals surface area contributed by atoms with Crippen LogP contribution in [0.3, 0.4) is 0 Å². The molecule has 0 unspecified atom stereocenters. The summed E-state index contributed by atoms with van der Waals surface area (Å²) in [5.41, 5.74) is 1.54. The highest BCUT2D eigenvalue weighted by Gasteiger charge is 2.22. The molecule has 0 aliphatic carbocycles. The lowest BCUT2D eigenvalue weighted by Gasteiger charge is -2.06. The van der Waals surface area contributed by atoms with Crippen molar-refractivity contribution in [3.63, 3.8) is 0 Å². The molecule has 0 saturated heterocycles. The van der Waals surface area contributed by atoms with Gasteiger partial charge in [0.25, 0.3) is 0 Å². The van der Waals surface area contributed by atoms with E-state index in [2.05, 4.69) is 0 Å². The second-order valence-electron chi connectivity index (χ2n) is 4.98. The number of fused-ring (bicyclic) bond motifs is 1. The lowest BCUT2D eigenvalue weighted by molar-refractivity contribution is 0.338. The Morgan fingerprint density at radius 3 is 2.48 bits per heavy atom. The van der Waals surface area contributed by atoms with Gasteiger partial charge in [0.15, 0.2) is 0 Å². The fraction of sp³-hybridized carbons (Fsp3) is 0.211. The average molecular weight is 330 g/mol. The molecule has 0 saturated carbocycles. The van der Waals surface area contributed by atoms with E-state index in [1.807, 2.05) is 62.4 Å². The van der Waals surface area contributed by atoms with Gasteiger partial charge in [-0.05, 0) is 38.1 Å². The molecule has 0 fully saturated rings. The molecule has 0 bridgehead atoms. The fourth-order valence-electron chi connectivity index (χ4n) is 2.46. The number of hydrogen-bond donors (Lipinski definition) is 0. The minimum absolute atomic E-state index is 0.578. The van der Waals surface area contributed by atoms with Gasteiger partial charge >= 0.3 is 11.3 Å². The van der Waals surface area contributed by atoms with Gasteiger partial charge in [-0.3, -0.25) is 0 Å². The highest BCUT2D eigenvalue weighted by atomic mass is 35.5. The summed E-state index contributed by atoms with van der Waals surface area (Å²) in [6.45, 7) is 5.09. The van der Waals surface area contributed by atoms with Crippen LogP contribution in [0.4, 0.5) is 0 Å². The molecule has 3 aromatic rings. The number of benzene rings is 2. The molecule has 3 nitrogen and oxygen atoms in total. The first-order valence-electron chi connectivity index (χ1n) is 7.64. The van der Waals surface area contributed by atoms with Crippen molar-refractivity contribution in [1.29, 1.82) is 0 Å². The Hall–Kier alpha value is -2.26. The van der Waals surface area contributed by atoms with E-state index in [0.717, 1.165) is 22.4 Å². The third-order valence-corrected chi connectivity index (χ3v) is 3.78. The zero-order valence-electron chi connectivity index (χ0n) is 13.1. The summed E-state index contributed by atoms with van der Waals surface area (Å²) in [5.74, 6) is 2.20. The molecule has 0 N–H and O–H groups in total. The average Bonchev–Trinajstić information content (AvgIpc) is 2.55. The van der Waals surface area contributed by atoms with Crippen molar-refractivity contribution in [1.82, 2.24) is 0 Å². The highest BCUT2D eigenvalue weighted by Crippen LogP contribution is 2.36. The van der Waals surface area contributed by atoms with Crippen LogP contribution in [-0.2, 0) is 0 Å². The molecule has 4 heteroatoms. The molecular formula is C19H18ClO3+. The van der Waals surface area contributed by atoms with Crippen LogP contribution in [0.25, 0.3) is 22.3 Å². The summed E-state index contributed by atoms with van der Waals surface area (Å²) in [5, 5.41) is 1.55. The topological polar surface area (TPSA) is 29.8 Å². The first-order valence-corrected chi connectivity index (χ1v) is 8.02. The van der Waals surface area contributed by atoms with Crippen LogP contribution in [0.15, 0.2) is 52.9 Å². The lowest BCUT2D eigenvalue weighted by atomic mass is 10.1. The molecule has 1 heterocycles. The van der Waals surface area contributed by atoms with Crippen molar-refractivity contribution in [2.75, 3.05) is 13.2 Å². The summed E-state index contributed by atoms with van der Waals surface area (Å²) < 4.78 is 17.4. The molecule has 0 atom stereocenters. The highest BCUT2D eigenvalue weighted by molar-refractivity contribution is 6.33. The molecule has 118 valence electrons. The van der Waals surface area contributed by atoms with E-state index in [9.17, 15) is 0 Å². The van der Waals surface area contributed by atoms with Crippen LogP contribution >= 0.6 is 11.6 Å². The first kappa shape index (κ1) is 15.6. The van der Waals surface area contributed by atoms with Gasteiger partial charge in [0.05, 0.1) is 35.9 Å². The second-order valence-corrected chi connectivity index (χ2v) is 5.39. The second kappa shape index (κ2) is 6.88. The Morgan fingerprint density at radius 2 is 1.74 bits per heavy atom. The van der Waals surface area contributed by atoms with Crippen LogP contribution in [0, 0.1) is 0 Å². The summed E-state index contributed by atoms with van der Waals surface area (Å²) in [6.07, 6.45) is 0. The van der Waals surface area contributed by atoms with Crippen LogP contribution in [0.1, 0.15) is 13.8 Å². The normalized spacial score (nSPS) is 10.7. The van der Waals surface area contributed by atoms with Gasteiger partial charge in [-0.1, -0.05) is 23.7 Å². The molecule has 1 aromatic heterocycles. The van der Waals surface area contributed by atoms with E-state index < -0.39 is 0 Å². The third kappa shape index (κ3) is 3.25. The smallest absolute Gasteiger partial charge is 0.368 e. The SMILES string of the molecule is CCOc1ccc2c(OCC)cc(-c3ccccc3Cl)[o+]c2c1. The summed E-state index contributed by atoms with van der Waals surface area (Å²) in [4.78, 5) is 0. The van der Waals surface area contributed by atoms with E-state index >= 15 is 0 Å². The van der Waals surface area contributed by atoms with Gasteiger partial charge in [0.2, 0.25) is 0 Å². The maximum Gasteiger partial charge on any atom is 0.368 e. The third-order valence-electron chi connectivity index (χ3n) is 3.45. The Bertz CT molecular complexity index is 830. The number of ether oxygens (including phenoxy) is 2. The molecule has 0 spiro atoms. The van der Waals surface area contributed by atoms with Gasteiger partial charge in [-0.2, -0.15) is 0 Å². The Labute approximate surface area is 140 Å². The Balaban J connectivity index is 2.20. The van der Waals surface area contributed by atoms with E-state index in [0.29, 0.717) is 29.6 Å². The van der Waals surface area contributed by atoms with Crippen molar-refractivity contribution in [2.45, 2.75) is 13.8 Å². The van der Waals surface area contributed by atoms with E-state index in [1.54, 1.807) is 0 Å². The van der Waals surface area contributed by atoms with Gasteiger partial charge < -0.3 is 9.47 Å². The lowest BCUT2D eigenvalue weighted by Crippen LogP contribution is -1.95. The van der Waals surface area contributed by atoms with Crippen LogP contribution in [0.5, 0.6) is 11.5 Å². The van der Waals surface area contributed by atoms with Gasteiger partial charge in [-0.25, -0.2) is 4.42 Å². The molecule has 3 rings (SSSR count). The Kier molecular flexibility index (Phi) is 4.68. The maximum absolute atomic E-state index is 6.29. The quantitative estimate of drug-likeness (QED) is 0.551.